The van der Waals surface area contributed by atoms with Crippen LogP contribution in [0.25, 0.3) is 0 Å². The van der Waals surface area contributed by atoms with Crippen LogP contribution in [0.4, 0.5) is 9.52 Å². The van der Waals surface area contributed by atoms with Crippen molar-refractivity contribution in [3.05, 3.63) is 65.3 Å². The second-order valence-corrected chi connectivity index (χ2v) is 9.09. The third kappa shape index (κ3) is 4.86. The lowest BCUT2D eigenvalue weighted by Crippen LogP contribution is -2.15. The van der Waals surface area contributed by atoms with Gasteiger partial charge in [0.25, 0.3) is 5.91 Å². The van der Waals surface area contributed by atoms with Crippen LogP contribution in [0.3, 0.4) is 0 Å². The molecule has 0 radical (unpaired) electrons. The predicted octanol–water partition coefficient (Wildman–Crippen LogP) is 4.67. The molecule has 0 saturated carbocycles. The van der Waals surface area contributed by atoms with Gasteiger partial charge in [0, 0.05) is 22.2 Å². The summed E-state index contributed by atoms with van der Waals surface area (Å²) in [7, 11) is 1.83. The van der Waals surface area contributed by atoms with Crippen molar-refractivity contribution in [3.63, 3.8) is 0 Å². The zero-order chi connectivity index (χ0) is 21.1. The van der Waals surface area contributed by atoms with Crippen LogP contribution in [0.15, 0.2) is 68.1 Å². The lowest BCUT2D eigenvalue weighted by atomic mass is 10.3. The first kappa shape index (κ1) is 20.5. The summed E-state index contributed by atoms with van der Waals surface area (Å²) >= 11 is 3.99. The number of nitrogens with zero attached hydrogens (tertiary/aromatic N) is 5. The normalized spacial score (nSPS) is 10.9. The molecule has 0 spiro atoms. The first-order valence-electron chi connectivity index (χ1n) is 8.68. The van der Waals surface area contributed by atoms with E-state index >= 15 is 0 Å². The van der Waals surface area contributed by atoms with Gasteiger partial charge in [-0.05, 0) is 55.1 Å². The molecule has 0 aliphatic heterocycles. The number of carbonyl (C=O) groups excluding carboxylic acids is 1. The highest BCUT2D eigenvalue weighted by atomic mass is 32.2. The molecular formula is C19H15FN6OS3. The Balaban J connectivity index is 1.65. The monoisotopic (exact) mass is 458 g/mol. The number of aromatic nitrogens is 5. The van der Waals surface area contributed by atoms with Crippen molar-refractivity contribution in [1.29, 1.82) is 0 Å². The number of aryl methyl sites for hydroxylation is 2. The number of amides is 1. The number of hydrogen-bond acceptors (Lipinski definition) is 8. The predicted molar refractivity (Wildman–Crippen MR) is 115 cm³/mol. The van der Waals surface area contributed by atoms with E-state index < -0.39 is 0 Å². The maximum Gasteiger partial charge on any atom is 0.277 e. The molecule has 152 valence electrons. The first-order valence-corrected chi connectivity index (χ1v) is 11.2. The molecule has 0 atom stereocenters. The zero-order valence-corrected chi connectivity index (χ0v) is 18.3. The SMILES string of the molecule is Cc1csc(NC(=O)c2nc(Sc3nncn3C)ccc2Sc2ccc(F)cc2)n1. The van der Waals surface area contributed by atoms with E-state index in [-0.39, 0.29) is 17.4 Å². The van der Waals surface area contributed by atoms with Crippen molar-refractivity contribution in [3.8, 4) is 0 Å². The van der Waals surface area contributed by atoms with Gasteiger partial charge in [-0.3, -0.25) is 10.1 Å². The minimum Gasteiger partial charge on any atom is -0.311 e. The van der Waals surface area contributed by atoms with Crippen LogP contribution in [-0.4, -0.2) is 30.6 Å². The summed E-state index contributed by atoms with van der Waals surface area (Å²) in [6.07, 6.45) is 1.60. The number of hydrogen-bond donors (Lipinski definition) is 1. The van der Waals surface area contributed by atoms with Gasteiger partial charge in [-0.15, -0.1) is 21.5 Å². The largest absolute Gasteiger partial charge is 0.311 e. The summed E-state index contributed by atoms with van der Waals surface area (Å²) in [5, 5.41) is 14.3. The van der Waals surface area contributed by atoms with Gasteiger partial charge in [-0.25, -0.2) is 14.4 Å². The fraction of sp³-hybridized carbons (Fsp3) is 0.105. The minimum absolute atomic E-state index is 0.254. The molecule has 0 fully saturated rings. The minimum atomic E-state index is -0.366. The van der Waals surface area contributed by atoms with E-state index in [0.717, 1.165) is 10.6 Å². The Morgan fingerprint density at radius 1 is 1.13 bits per heavy atom. The second-order valence-electron chi connectivity index (χ2n) is 6.13. The van der Waals surface area contributed by atoms with Crippen LogP contribution in [0, 0.1) is 12.7 Å². The van der Waals surface area contributed by atoms with E-state index in [0.29, 0.717) is 20.2 Å². The smallest absolute Gasteiger partial charge is 0.277 e. The third-order valence-electron chi connectivity index (χ3n) is 3.79. The van der Waals surface area contributed by atoms with Gasteiger partial charge >= 0.3 is 0 Å². The average Bonchev–Trinajstić information content (AvgIpc) is 3.32. The number of pyridine rings is 1. The van der Waals surface area contributed by atoms with Crippen LogP contribution in [0.1, 0.15) is 16.2 Å². The van der Waals surface area contributed by atoms with Crippen molar-refractivity contribution < 1.29 is 9.18 Å². The lowest BCUT2D eigenvalue weighted by Gasteiger charge is -2.10. The van der Waals surface area contributed by atoms with E-state index in [4.69, 9.17) is 0 Å². The Morgan fingerprint density at radius 2 is 1.93 bits per heavy atom. The van der Waals surface area contributed by atoms with Gasteiger partial charge in [0.2, 0.25) is 0 Å². The molecule has 0 saturated heterocycles. The second kappa shape index (κ2) is 8.94. The van der Waals surface area contributed by atoms with Gasteiger partial charge in [-0.2, -0.15) is 0 Å². The Labute approximate surface area is 184 Å². The van der Waals surface area contributed by atoms with Crippen molar-refractivity contribution in [2.75, 3.05) is 5.32 Å². The van der Waals surface area contributed by atoms with Crippen LogP contribution in [-0.2, 0) is 7.05 Å². The topological polar surface area (TPSA) is 85.6 Å². The van der Waals surface area contributed by atoms with Gasteiger partial charge in [0.1, 0.15) is 22.9 Å². The Bertz CT molecular complexity index is 1190. The molecule has 1 amide bonds. The first-order chi connectivity index (χ1) is 14.5. The number of nitrogens with one attached hydrogen (secondary N) is 1. The summed E-state index contributed by atoms with van der Waals surface area (Å²) in [4.78, 5) is 23.3. The molecule has 0 unspecified atom stereocenters. The van der Waals surface area contributed by atoms with Gasteiger partial charge in [0.05, 0.1) is 5.69 Å². The number of anilines is 1. The highest BCUT2D eigenvalue weighted by Crippen LogP contribution is 2.33. The Morgan fingerprint density at radius 3 is 2.60 bits per heavy atom. The van der Waals surface area contributed by atoms with Crippen LogP contribution < -0.4 is 5.32 Å². The summed E-state index contributed by atoms with van der Waals surface area (Å²) in [5.74, 6) is -0.681. The van der Waals surface area contributed by atoms with Crippen LogP contribution in [0.2, 0.25) is 0 Å². The van der Waals surface area contributed by atoms with Crippen LogP contribution >= 0.6 is 34.9 Å². The van der Waals surface area contributed by atoms with Crippen molar-refractivity contribution >= 4 is 45.9 Å². The molecule has 7 nitrogen and oxygen atoms in total. The molecule has 0 bridgehead atoms. The standard InChI is InChI=1S/C19H15FN6OS3/c1-11-9-28-18(22-11)24-17(27)16-14(29-13-5-3-12(20)4-6-13)7-8-15(23-16)30-19-25-21-10-26(19)2/h3-10H,1-2H3,(H,22,24,27). The number of thiazole rings is 1. The van der Waals surface area contributed by atoms with Crippen LogP contribution in [0.5, 0.6) is 0 Å². The number of rotatable bonds is 6. The van der Waals surface area contributed by atoms with Gasteiger partial charge in [0.15, 0.2) is 10.3 Å². The molecule has 11 heteroatoms. The zero-order valence-electron chi connectivity index (χ0n) is 15.9. The highest BCUT2D eigenvalue weighted by Gasteiger charge is 2.18. The maximum atomic E-state index is 13.2. The van der Waals surface area contributed by atoms with Gasteiger partial charge < -0.3 is 4.57 Å². The van der Waals surface area contributed by atoms with Crippen molar-refractivity contribution in [1.82, 2.24) is 24.7 Å². The molecule has 3 heterocycles. The van der Waals surface area contributed by atoms with E-state index in [2.05, 4.69) is 25.5 Å². The summed E-state index contributed by atoms with van der Waals surface area (Å²) in [5.41, 5.74) is 1.08. The molecule has 4 aromatic rings. The number of benzene rings is 1. The van der Waals surface area contributed by atoms with E-state index in [1.54, 1.807) is 23.0 Å². The third-order valence-corrected chi connectivity index (χ3v) is 6.72. The van der Waals surface area contributed by atoms with Crippen molar-refractivity contribution in [2.24, 2.45) is 7.05 Å². The summed E-state index contributed by atoms with van der Waals surface area (Å²) < 4.78 is 15.0. The summed E-state index contributed by atoms with van der Waals surface area (Å²) in [6, 6.07) is 9.72. The number of halogens is 1. The lowest BCUT2D eigenvalue weighted by molar-refractivity contribution is 0.101. The molecule has 30 heavy (non-hydrogen) atoms. The van der Waals surface area contributed by atoms with E-state index in [1.165, 1.54) is 47.0 Å². The molecule has 1 aromatic carbocycles. The molecule has 1 N–H and O–H groups in total. The fourth-order valence-electron chi connectivity index (χ4n) is 2.39. The molecule has 0 aliphatic carbocycles. The van der Waals surface area contributed by atoms with E-state index in [1.807, 2.05) is 31.5 Å². The quantitative estimate of drug-likeness (QED) is 0.449. The molecular weight excluding hydrogens is 443 g/mol. The van der Waals surface area contributed by atoms with Gasteiger partial charge in [-0.1, -0.05) is 11.8 Å². The molecule has 0 aliphatic rings. The highest BCUT2D eigenvalue weighted by molar-refractivity contribution is 7.99. The Kier molecular flexibility index (Phi) is 6.11. The molecule has 4 rings (SSSR count). The fourth-order valence-corrected chi connectivity index (χ4v) is 4.71. The molecule has 3 aromatic heterocycles. The maximum absolute atomic E-state index is 13.2. The summed E-state index contributed by atoms with van der Waals surface area (Å²) in [6.45, 7) is 1.86. The average molecular weight is 459 g/mol. The van der Waals surface area contributed by atoms with Crippen molar-refractivity contribution in [2.45, 2.75) is 26.9 Å². The Hall–Kier alpha value is -2.76. The van der Waals surface area contributed by atoms with E-state index in [9.17, 15) is 9.18 Å². The number of carbonyl (C=O) groups is 1.